The second kappa shape index (κ2) is 12.6. The Hall–Kier alpha value is -5.87. The number of hydrogen-bond donors (Lipinski definition) is 1. The number of hydrogen-bond acceptors (Lipinski definition) is 3. The first-order valence-electron chi connectivity index (χ1n) is 21.2. The van der Waals surface area contributed by atoms with Gasteiger partial charge in [-0.25, -0.2) is 4.99 Å². The van der Waals surface area contributed by atoms with Crippen molar-refractivity contribution in [3.8, 4) is 0 Å². The van der Waals surface area contributed by atoms with Crippen LogP contribution in [0.2, 0.25) is 0 Å². The maximum absolute atomic E-state index is 5.75. The molecule has 1 saturated heterocycles. The summed E-state index contributed by atoms with van der Waals surface area (Å²) in [6.45, 7) is 4.81. The molecule has 1 aromatic heterocycles. The summed E-state index contributed by atoms with van der Waals surface area (Å²) in [6, 6.07) is 28.0. The van der Waals surface area contributed by atoms with Crippen molar-refractivity contribution in [2.75, 3.05) is 4.90 Å². The molecule has 0 radical (unpaired) electrons. The van der Waals surface area contributed by atoms with Crippen molar-refractivity contribution in [2.24, 2.45) is 16.8 Å². The van der Waals surface area contributed by atoms with E-state index in [4.69, 9.17) is 4.99 Å². The van der Waals surface area contributed by atoms with Gasteiger partial charge in [0, 0.05) is 39.7 Å². The molecule has 1 fully saturated rings. The molecule has 3 heterocycles. The van der Waals surface area contributed by atoms with Crippen LogP contribution in [-0.4, -0.2) is 22.4 Å². The minimum atomic E-state index is -0.223. The molecule has 0 spiro atoms. The monoisotopic (exact) mass is 740 g/mol. The summed E-state index contributed by atoms with van der Waals surface area (Å²) in [5.74, 6) is 0.607. The van der Waals surface area contributed by atoms with Gasteiger partial charge in [-0.3, -0.25) is 0 Å². The van der Waals surface area contributed by atoms with Crippen molar-refractivity contribution in [3.05, 3.63) is 190 Å². The summed E-state index contributed by atoms with van der Waals surface area (Å²) < 4.78 is 2.50. The van der Waals surface area contributed by atoms with Crippen LogP contribution >= 0.6 is 0 Å². The van der Waals surface area contributed by atoms with Crippen LogP contribution in [0.15, 0.2) is 167 Å². The van der Waals surface area contributed by atoms with Crippen molar-refractivity contribution in [1.29, 1.82) is 0 Å². The number of nitrogens with one attached hydrogen (secondary N) is 1. The number of aliphatic imine (C=N–C) groups is 1. The van der Waals surface area contributed by atoms with Crippen LogP contribution in [-0.2, 0) is 11.8 Å². The zero-order chi connectivity index (χ0) is 37.8. The zero-order valence-corrected chi connectivity index (χ0v) is 32.8. The highest BCUT2D eigenvalue weighted by Crippen LogP contribution is 2.52. The van der Waals surface area contributed by atoms with Crippen LogP contribution in [0, 0.1) is 11.8 Å². The summed E-state index contributed by atoms with van der Waals surface area (Å²) in [6.07, 6.45) is 34.5. The third-order valence-electron chi connectivity index (χ3n) is 14.3. The number of para-hydroxylation sites is 1. The van der Waals surface area contributed by atoms with E-state index < -0.39 is 0 Å². The molecule has 4 heteroatoms. The quantitative estimate of drug-likeness (QED) is 0.226. The Morgan fingerprint density at radius 3 is 2.63 bits per heavy atom. The summed E-state index contributed by atoms with van der Waals surface area (Å²) >= 11 is 0. The first-order valence-corrected chi connectivity index (χ1v) is 21.2. The Bertz CT molecular complexity index is 2710. The SMILES string of the molecule is CC1(C)C2=C(CCC(C3=NC(n4c5c(c6cc(C7=CC8C9=CC=CCC9N(c9ccccc9)C8C=C7)ccc64)CCC=C5)NC4=CC=CCC43)=C2)c2ccccc21. The zero-order valence-electron chi connectivity index (χ0n) is 32.8. The Kier molecular flexibility index (Phi) is 7.34. The Morgan fingerprint density at radius 1 is 0.842 bits per heavy atom. The van der Waals surface area contributed by atoms with Crippen molar-refractivity contribution in [3.63, 3.8) is 0 Å². The average Bonchev–Trinajstić information content (AvgIpc) is 3.86. The topological polar surface area (TPSA) is 32.6 Å². The maximum Gasteiger partial charge on any atom is 0.200 e. The summed E-state index contributed by atoms with van der Waals surface area (Å²) in [4.78, 5) is 8.40. The number of fused-ring (bicyclic) bond motifs is 9. The Balaban J connectivity index is 0.943. The number of allylic oxidation sites excluding steroid dienone is 13. The predicted molar refractivity (Wildman–Crippen MR) is 237 cm³/mol. The molecule has 0 bridgehead atoms. The molecule has 4 nitrogen and oxygen atoms in total. The predicted octanol–water partition coefficient (Wildman–Crippen LogP) is 11.7. The normalized spacial score (nSPS) is 27.3. The molecule has 1 N–H and O–H groups in total. The highest BCUT2D eigenvalue weighted by Gasteiger charge is 2.44. The van der Waals surface area contributed by atoms with Crippen LogP contribution in [0.25, 0.3) is 28.1 Å². The number of benzene rings is 3. The van der Waals surface area contributed by atoms with Gasteiger partial charge in [0.25, 0.3) is 0 Å². The van der Waals surface area contributed by atoms with E-state index in [9.17, 15) is 0 Å². The smallest absolute Gasteiger partial charge is 0.200 e. The molecule has 3 aromatic carbocycles. The van der Waals surface area contributed by atoms with Crippen LogP contribution < -0.4 is 10.2 Å². The van der Waals surface area contributed by atoms with Gasteiger partial charge in [0.05, 0.1) is 23.3 Å². The van der Waals surface area contributed by atoms with E-state index in [1.807, 2.05) is 0 Å². The van der Waals surface area contributed by atoms with E-state index in [0.29, 0.717) is 18.0 Å². The fourth-order valence-corrected chi connectivity index (χ4v) is 11.6. The molecular weight excluding hydrogens is 693 g/mol. The van der Waals surface area contributed by atoms with Gasteiger partial charge in [0.2, 0.25) is 6.29 Å². The van der Waals surface area contributed by atoms with Gasteiger partial charge < -0.3 is 14.8 Å². The third kappa shape index (κ3) is 4.95. The molecule has 5 unspecified atom stereocenters. The second-order valence-corrected chi connectivity index (χ2v) is 17.6. The van der Waals surface area contributed by atoms with Crippen molar-refractivity contribution in [2.45, 2.75) is 76.2 Å². The highest BCUT2D eigenvalue weighted by atomic mass is 15.3. The van der Waals surface area contributed by atoms with E-state index in [1.165, 1.54) is 83.8 Å². The molecule has 4 aromatic rings. The van der Waals surface area contributed by atoms with E-state index in [2.05, 4.69) is 174 Å². The Morgan fingerprint density at radius 2 is 1.70 bits per heavy atom. The molecule has 12 rings (SSSR count). The summed E-state index contributed by atoms with van der Waals surface area (Å²) in [5, 5.41) is 5.32. The first-order chi connectivity index (χ1) is 28.0. The molecule has 8 aliphatic rings. The van der Waals surface area contributed by atoms with E-state index in [1.54, 1.807) is 0 Å². The van der Waals surface area contributed by atoms with Gasteiger partial charge in [0.1, 0.15) is 0 Å². The molecule has 6 aliphatic carbocycles. The maximum atomic E-state index is 5.75. The second-order valence-electron chi connectivity index (χ2n) is 17.6. The van der Waals surface area contributed by atoms with Crippen molar-refractivity contribution < 1.29 is 0 Å². The third-order valence-corrected chi connectivity index (χ3v) is 14.3. The highest BCUT2D eigenvalue weighted by molar-refractivity contribution is 6.06. The Labute approximate surface area is 336 Å². The van der Waals surface area contributed by atoms with Crippen LogP contribution in [0.5, 0.6) is 0 Å². The number of nitrogens with zero attached hydrogens (tertiary/aromatic N) is 3. The van der Waals surface area contributed by atoms with E-state index >= 15 is 0 Å². The number of aryl methyl sites for hydroxylation is 1. The molecular formula is C53H48N4. The van der Waals surface area contributed by atoms with Crippen LogP contribution in [0.3, 0.4) is 0 Å². The molecule has 57 heavy (non-hydrogen) atoms. The van der Waals surface area contributed by atoms with Crippen LogP contribution in [0.4, 0.5) is 5.69 Å². The van der Waals surface area contributed by atoms with Gasteiger partial charge in [-0.15, -0.1) is 0 Å². The summed E-state index contributed by atoms with van der Waals surface area (Å²) in [7, 11) is 0. The van der Waals surface area contributed by atoms with E-state index in [0.717, 1.165) is 38.5 Å². The van der Waals surface area contributed by atoms with Crippen LogP contribution in [0.1, 0.15) is 80.2 Å². The van der Waals surface area contributed by atoms with Gasteiger partial charge >= 0.3 is 0 Å². The largest absolute Gasteiger partial charge is 0.357 e. The number of rotatable bonds is 4. The molecule has 0 amide bonds. The number of anilines is 1. The molecule has 2 aliphatic heterocycles. The fraction of sp³-hybridized carbons (Fsp3) is 0.264. The van der Waals surface area contributed by atoms with Gasteiger partial charge in [-0.2, -0.15) is 0 Å². The van der Waals surface area contributed by atoms with Gasteiger partial charge in [-0.1, -0.05) is 123 Å². The molecule has 5 atom stereocenters. The lowest BCUT2D eigenvalue weighted by Crippen LogP contribution is -2.39. The average molecular weight is 741 g/mol. The van der Waals surface area contributed by atoms with E-state index in [-0.39, 0.29) is 17.6 Å². The van der Waals surface area contributed by atoms with Crippen molar-refractivity contribution >= 4 is 39.5 Å². The summed E-state index contributed by atoms with van der Waals surface area (Å²) in [5.41, 5.74) is 19.3. The lowest BCUT2D eigenvalue weighted by atomic mass is 9.76. The minimum Gasteiger partial charge on any atom is -0.357 e. The molecule has 280 valence electrons. The fourth-order valence-electron chi connectivity index (χ4n) is 11.6. The standard InChI is InChI=1S/C53H48N4/c1-53(2)44-20-10-6-16-37(44)38-27-24-35(32-45(38)53)51-41-19-7-11-21-46(41)54-52(55-51)57-48-23-13-9-18-40(48)43-31-34(26-29-50(43)57)33-25-28-49-42(30-33)39-17-8-12-22-47(39)56(49)36-14-4-3-5-15-36/h3-8,10-17,20-21,23,25-26,28-32,41-42,47,49,52,54H,9,18-19,22,24,27H2,1-2H3. The molecule has 0 saturated carbocycles. The number of aromatic nitrogens is 1. The lowest BCUT2D eigenvalue weighted by Gasteiger charge is -2.36. The van der Waals surface area contributed by atoms with Crippen molar-refractivity contribution in [1.82, 2.24) is 9.88 Å². The van der Waals surface area contributed by atoms with Gasteiger partial charge in [0.15, 0.2) is 0 Å². The first kappa shape index (κ1) is 33.3. The lowest BCUT2D eigenvalue weighted by molar-refractivity contribution is 0.428. The van der Waals surface area contributed by atoms with Gasteiger partial charge in [-0.05, 0) is 125 Å². The minimum absolute atomic E-state index is 0.0111.